The van der Waals surface area contributed by atoms with E-state index in [-0.39, 0.29) is 16.7 Å². The summed E-state index contributed by atoms with van der Waals surface area (Å²) in [6.45, 7) is 16.2. The molecule has 0 saturated heterocycles. The Bertz CT molecular complexity index is 1690. The molecule has 0 heterocycles. The molecule has 1 heteroatoms. The van der Waals surface area contributed by atoms with Crippen molar-refractivity contribution in [3.63, 3.8) is 0 Å². The van der Waals surface area contributed by atoms with Crippen LogP contribution in [0.15, 0.2) is 78.4 Å². The number of carbonyl (C=O) groups is 1. The first-order valence-electron chi connectivity index (χ1n) is 14.0. The molecule has 2 aliphatic carbocycles. The van der Waals surface area contributed by atoms with Crippen LogP contribution in [0.2, 0.25) is 0 Å². The fourth-order valence-electron chi connectivity index (χ4n) is 7.14. The Morgan fingerprint density at radius 1 is 0.868 bits per heavy atom. The van der Waals surface area contributed by atoms with Gasteiger partial charge in [-0.15, -0.1) is 0 Å². The lowest BCUT2D eigenvalue weighted by Crippen LogP contribution is -2.35. The van der Waals surface area contributed by atoms with E-state index in [4.69, 9.17) is 0 Å². The Hall–Kier alpha value is -3.45. The van der Waals surface area contributed by atoms with Crippen LogP contribution in [0.3, 0.4) is 0 Å². The molecule has 4 aromatic rings. The van der Waals surface area contributed by atoms with Crippen molar-refractivity contribution in [3.8, 4) is 11.1 Å². The second kappa shape index (κ2) is 8.53. The summed E-state index contributed by atoms with van der Waals surface area (Å²) in [5.41, 5.74) is 10.9. The maximum Gasteiger partial charge on any atom is 0.127 e. The summed E-state index contributed by atoms with van der Waals surface area (Å²) in [5, 5.41) is 4.97. The Morgan fingerprint density at radius 2 is 1.58 bits per heavy atom. The van der Waals surface area contributed by atoms with E-state index >= 15 is 0 Å². The Kier molecular flexibility index (Phi) is 5.58. The molecule has 0 bridgehead atoms. The van der Waals surface area contributed by atoms with E-state index in [1.54, 1.807) is 5.57 Å². The average molecular weight is 499 g/mol. The summed E-state index contributed by atoms with van der Waals surface area (Å²) in [4.78, 5) is 12.0. The zero-order chi connectivity index (χ0) is 27.0. The number of rotatable bonds is 3. The number of carbonyl (C=O) groups excluding carboxylic acids is 1. The topological polar surface area (TPSA) is 17.1 Å². The number of hydrogen-bond acceptors (Lipinski definition) is 1. The maximum absolute atomic E-state index is 12.0. The molecule has 38 heavy (non-hydrogen) atoms. The summed E-state index contributed by atoms with van der Waals surface area (Å²) in [6.07, 6.45) is 6.98. The highest BCUT2D eigenvalue weighted by atomic mass is 16.1. The first kappa shape index (κ1) is 24.9. The van der Waals surface area contributed by atoms with Crippen molar-refractivity contribution in [2.24, 2.45) is 11.3 Å². The maximum atomic E-state index is 12.0. The van der Waals surface area contributed by atoms with Gasteiger partial charge in [0.05, 0.1) is 0 Å². The highest BCUT2D eigenvalue weighted by Gasteiger charge is 2.41. The minimum absolute atomic E-state index is 0.0308. The fraction of sp³-hybridized carbons (Fsp3) is 0.324. The lowest BCUT2D eigenvalue weighted by molar-refractivity contribution is -0.108. The van der Waals surface area contributed by atoms with Gasteiger partial charge in [0.2, 0.25) is 0 Å². The number of aryl methyl sites for hydroxylation is 1. The van der Waals surface area contributed by atoms with Crippen molar-refractivity contribution in [1.29, 1.82) is 0 Å². The van der Waals surface area contributed by atoms with Gasteiger partial charge in [0, 0.05) is 5.92 Å². The van der Waals surface area contributed by atoms with Crippen molar-refractivity contribution in [2.75, 3.05) is 0 Å². The lowest BCUT2D eigenvalue weighted by Gasteiger charge is -2.45. The Morgan fingerprint density at radius 3 is 2.34 bits per heavy atom. The van der Waals surface area contributed by atoms with Crippen LogP contribution in [0.5, 0.6) is 0 Å². The predicted octanol–water partition coefficient (Wildman–Crippen LogP) is 9.94. The zero-order valence-electron chi connectivity index (χ0n) is 23.8. The third-order valence-corrected chi connectivity index (χ3v) is 9.52. The molecule has 4 aromatic carbocycles. The zero-order valence-corrected chi connectivity index (χ0v) is 23.8. The van der Waals surface area contributed by atoms with E-state index in [0.717, 1.165) is 29.2 Å². The second-order valence-electron chi connectivity index (χ2n) is 12.9. The molecular formula is C37H38O. The monoisotopic (exact) mass is 498 g/mol. The molecule has 1 nitrogen and oxygen atoms in total. The third kappa shape index (κ3) is 3.62. The summed E-state index contributed by atoms with van der Waals surface area (Å²) in [5.74, 6) is 0.294. The molecule has 0 fully saturated rings. The van der Waals surface area contributed by atoms with Gasteiger partial charge in [0.25, 0.3) is 0 Å². The first-order valence-corrected chi connectivity index (χ1v) is 14.0. The first-order chi connectivity index (χ1) is 18.0. The SMILES string of the molecule is Cc1cc2c3c(ccc2cc1-c1ccc2ccccc2c1C(C)C=O)C1=C(CC(C)(C)C=C1)C(C)C3(C)C. The van der Waals surface area contributed by atoms with Gasteiger partial charge in [-0.2, -0.15) is 0 Å². The van der Waals surface area contributed by atoms with Gasteiger partial charge in [0.15, 0.2) is 0 Å². The minimum atomic E-state index is -0.179. The third-order valence-electron chi connectivity index (χ3n) is 9.52. The van der Waals surface area contributed by atoms with Gasteiger partial charge >= 0.3 is 0 Å². The molecule has 0 amide bonds. The second-order valence-corrected chi connectivity index (χ2v) is 12.9. The van der Waals surface area contributed by atoms with Crippen molar-refractivity contribution >= 4 is 33.4 Å². The van der Waals surface area contributed by atoms with Gasteiger partial charge in [0.1, 0.15) is 6.29 Å². The molecule has 0 saturated carbocycles. The van der Waals surface area contributed by atoms with Crippen LogP contribution in [-0.4, -0.2) is 6.29 Å². The van der Waals surface area contributed by atoms with Crippen LogP contribution >= 0.6 is 0 Å². The van der Waals surface area contributed by atoms with Crippen molar-refractivity contribution in [1.82, 2.24) is 0 Å². The molecule has 2 aliphatic rings. The smallest absolute Gasteiger partial charge is 0.127 e. The van der Waals surface area contributed by atoms with E-state index in [2.05, 4.69) is 114 Å². The van der Waals surface area contributed by atoms with Crippen molar-refractivity contribution in [3.05, 3.63) is 101 Å². The summed E-state index contributed by atoms with van der Waals surface area (Å²) in [6, 6.07) is 22.3. The van der Waals surface area contributed by atoms with Gasteiger partial charge < -0.3 is 4.79 Å². The molecule has 0 aliphatic heterocycles. The summed E-state index contributed by atoms with van der Waals surface area (Å²) >= 11 is 0. The van der Waals surface area contributed by atoms with Crippen LogP contribution < -0.4 is 0 Å². The van der Waals surface area contributed by atoms with Crippen LogP contribution in [0.4, 0.5) is 0 Å². The number of allylic oxidation sites excluding steroid dienone is 4. The molecule has 192 valence electrons. The van der Waals surface area contributed by atoms with E-state index in [9.17, 15) is 4.79 Å². The van der Waals surface area contributed by atoms with Crippen LogP contribution in [0.25, 0.3) is 38.2 Å². The van der Waals surface area contributed by atoms with Crippen molar-refractivity contribution < 1.29 is 4.79 Å². The quantitative estimate of drug-likeness (QED) is 0.257. The van der Waals surface area contributed by atoms with E-state index in [0.29, 0.717) is 5.92 Å². The number of benzene rings is 4. The van der Waals surface area contributed by atoms with Crippen LogP contribution in [0, 0.1) is 18.3 Å². The molecule has 2 atom stereocenters. The van der Waals surface area contributed by atoms with E-state index in [1.165, 1.54) is 44.0 Å². The van der Waals surface area contributed by atoms with Crippen LogP contribution in [0.1, 0.15) is 76.1 Å². The number of hydrogen-bond donors (Lipinski definition) is 0. The van der Waals surface area contributed by atoms with Gasteiger partial charge in [-0.3, -0.25) is 0 Å². The highest BCUT2D eigenvalue weighted by molar-refractivity contribution is 6.00. The highest BCUT2D eigenvalue weighted by Crippen LogP contribution is 2.54. The minimum Gasteiger partial charge on any atom is -0.303 e. The molecule has 6 rings (SSSR count). The lowest BCUT2D eigenvalue weighted by atomic mass is 9.59. The summed E-state index contributed by atoms with van der Waals surface area (Å²) in [7, 11) is 0. The Balaban J connectivity index is 1.61. The molecule has 0 radical (unpaired) electrons. The normalized spacial score (nSPS) is 20.3. The molecule has 0 spiro atoms. The fourth-order valence-corrected chi connectivity index (χ4v) is 7.14. The van der Waals surface area contributed by atoms with Crippen molar-refractivity contribution in [2.45, 2.75) is 66.2 Å². The van der Waals surface area contributed by atoms with Gasteiger partial charge in [-0.05, 0) is 96.7 Å². The van der Waals surface area contributed by atoms with Gasteiger partial charge in [-0.1, -0.05) is 114 Å². The molecule has 0 N–H and O–H groups in total. The Labute approximate surface area is 227 Å². The number of aldehydes is 1. The number of fused-ring (bicyclic) bond motifs is 5. The predicted molar refractivity (Wildman–Crippen MR) is 163 cm³/mol. The largest absolute Gasteiger partial charge is 0.303 e. The van der Waals surface area contributed by atoms with E-state index in [1.807, 2.05) is 6.92 Å². The average Bonchev–Trinajstić information content (AvgIpc) is 2.89. The standard InChI is InChI=1S/C37H38O/c1-22-18-32-26(19-31(22)29-14-12-25-10-8-9-11-27(25)34(29)23(2)21-38)13-15-30-28-16-17-36(4,5)20-33(28)24(3)37(6,7)35(30)32/h8-19,21,23-24H,20H2,1-7H3. The molecule has 2 unspecified atom stereocenters. The summed E-state index contributed by atoms with van der Waals surface area (Å²) < 4.78 is 0. The van der Waals surface area contributed by atoms with E-state index < -0.39 is 0 Å². The molecular weight excluding hydrogens is 460 g/mol. The van der Waals surface area contributed by atoms with Gasteiger partial charge in [-0.25, -0.2) is 0 Å². The van der Waals surface area contributed by atoms with Crippen LogP contribution in [-0.2, 0) is 10.2 Å². The molecule has 0 aromatic heterocycles.